The second-order valence-corrected chi connectivity index (χ2v) is 8.25. The van der Waals surface area contributed by atoms with Gasteiger partial charge >= 0.3 is 5.63 Å². The number of rotatable bonds is 7. The van der Waals surface area contributed by atoms with Crippen molar-refractivity contribution in [2.45, 2.75) is 14.4 Å². The first-order chi connectivity index (χ1) is 12.0. The highest BCUT2D eigenvalue weighted by atomic mass is 32.2. The van der Waals surface area contributed by atoms with E-state index in [1.54, 1.807) is 13.2 Å². The topological polar surface area (TPSA) is 108 Å². The molecular weight excluding hydrogens is 382 g/mol. The Labute approximate surface area is 155 Å². The summed E-state index contributed by atoms with van der Waals surface area (Å²) in [5, 5.41) is 8.93. The van der Waals surface area contributed by atoms with E-state index in [-0.39, 0.29) is 5.75 Å². The molecule has 0 unspecified atom stereocenters. The molecule has 1 aromatic carbocycles. The molecule has 2 N–H and O–H groups in total. The molecule has 25 heavy (non-hydrogen) atoms. The first-order valence-electron chi connectivity index (χ1n) is 7.03. The van der Waals surface area contributed by atoms with Crippen molar-refractivity contribution in [1.29, 1.82) is 0 Å². The Morgan fingerprint density at radius 3 is 2.76 bits per heavy atom. The number of benzene rings is 1. The Kier molecular flexibility index (Phi) is 5.61. The van der Waals surface area contributed by atoms with Gasteiger partial charge in [0, 0.05) is 23.3 Å². The molecule has 2 aromatic heterocycles. The molecule has 2 heterocycles. The van der Waals surface area contributed by atoms with Crippen LogP contribution in [0.3, 0.4) is 0 Å². The molecule has 0 saturated heterocycles. The van der Waals surface area contributed by atoms with Gasteiger partial charge in [-0.3, -0.25) is 4.79 Å². The number of thioether (sulfide) groups is 2. The van der Waals surface area contributed by atoms with E-state index in [9.17, 15) is 9.59 Å². The summed E-state index contributed by atoms with van der Waals surface area (Å²) < 4.78 is 11.8. The molecule has 0 aliphatic rings. The molecule has 7 nitrogen and oxygen atoms in total. The van der Waals surface area contributed by atoms with Gasteiger partial charge in [0.2, 0.25) is 5.91 Å². The van der Waals surface area contributed by atoms with Crippen LogP contribution in [0.4, 0.5) is 0 Å². The number of hydrogen-bond donors (Lipinski definition) is 1. The quantitative estimate of drug-likeness (QED) is 0.480. The lowest BCUT2D eigenvalue weighted by Crippen LogP contribution is -2.12. The van der Waals surface area contributed by atoms with Gasteiger partial charge in [0.05, 0.1) is 12.9 Å². The van der Waals surface area contributed by atoms with Crippen molar-refractivity contribution < 1.29 is 13.9 Å². The molecular formula is C15H13N3O4S3. The normalized spacial score (nSPS) is 10.9. The molecule has 0 atom stereocenters. The maximum atomic E-state index is 11.8. The second kappa shape index (κ2) is 7.89. The number of nitrogens with zero attached hydrogens (tertiary/aromatic N) is 2. The predicted molar refractivity (Wildman–Crippen MR) is 98.4 cm³/mol. The van der Waals surface area contributed by atoms with Crippen LogP contribution < -0.4 is 16.1 Å². The minimum Gasteiger partial charge on any atom is -0.497 e. The van der Waals surface area contributed by atoms with Gasteiger partial charge in [-0.1, -0.05) is 34.9 Å². The van der Waals surface area contributed by atoms with Gasteiger partial charge in [-0.25, -0.2) is 4.79 Å². The van der Waals surface area contributed by atoms with Crippen molar-refractivity contribution in [1.82, 2.24) is 10.2 Å². The molecule has 3 aromatic rings. The van der Waals surface area contributed by atoms with Crippen molar-refractivity contribution in [2.75, 3.05) is 12.9 Å². The molecule has 3 rings (SSSR count). The SMILES string of the molecule is COc1ccc2c(CSc3nnc(SCC(N)=O)s3)cc(=O)oc2c1. The van der Waals surface area contributed by atoms with Gasteiger partial charge in [-0.15, -0.1) is 10.2 Å². The maximum absolute atomic E-state index is 11.8. The number of aromatic nitrogens is 2. The zero-order valence-corrected chi connectivity index (χ0v) is 15.5. The fourth-order valence-electron chi connectivity index (χ4n) is 2.04. The highest BCUT2D eigenvalue weighted by Crippen LogP contribution is 2.32. The van der Waals surface area contributed by atoms with E-state index in [0.717, 1.165) is 15.3 Å². The molecule has 0 radical (unpaired) electrons. The summed E-state index contributed by atoms with van der Waals surface area (Å²) in [6.45, 7) is 0. The van der Waals surface area contributed by atoms with Crippen LogP contribution in [0.2, 0.25) is 0 Å². The number of primary amides is 1. The maximum Gasteiger partial charge on any atom is 0.336 e. The fourth-order valence-corrected chi connectivity index (χ4v) is 4.79. The molecule has 0 aliphatic heterocycles. The highest BCUT2D eigenvalue weighted by Gasteiger charge is 2.11. The van der Waals surface area contributed by atoms with Crippen LogP contribution in [-0.2, 0) is 10.5 Å². The van der Waals surface area contributed by atoms with E-state index in [1.807, 2.05) is 12.1 Å². The number of methoxy groups -OCH3 is 1. The molecule has 0 spiro atoms. The lowest BCUT2D eigenvalue weighted by molar-refractivity contribution is -0.115. The first-order valence-corrected chi connectivity index (χ1v) is 9.82. The van der Waals surface area contributed by atoms with Crippen molar-refractivity contribution in [3.05, 3.63) is 40.2 Å². The first kappa shape index (κ1) is 17.8. The Balaban J connectivity index is 1.77. The Bertz CT molecular complexity index is 970. The van der Waals surface area contributed by atoms with E-state index in [2.05, 4.69) is 10.2 Å². The summed E-state index contributed by atoms with van der Waals surface area (Å²) >= 11 is 4.11. The molecule has 0 fully saturated rings. The minimum atomic E-state index is -0.411. The summed E-state index contributed by atoms with van der Waals surface area (Å²) in [5.74, 6) is 0.947. The van der Waals surface area contributed by atoms with E-state index in [4.69, 9.17) is 14.9 Å². The van der Waals surface area contributed by atoms with Crippen molar-refractivity contribution in [3.63, 3.8) is 0 Å². The van der Waals surface area contributed by atoms with Gasteiger partial charge in [0.15, 0.2) is 8.68 Å². The number of hydrogen-bond acceptors (Lipinski definition) is 9. The van der Waals surface area contributed by atoms with E-state index in [1.165, 1.54) is 40.9 Å². The van der Waals surface area contributed by atoms with Crippen LogP contribution in [0, 0.1) is 0 Å². The van der Waals surface area contributed by atoms with E-state index < -0.39 is 11.5 Å². The average Bonchev–Trinajstić information content (AvgIpc) is 3.05. The van der Waals surface area contributed by atoms with Crippen LogP contribution in [0.15, 0.2) is 42.2 Å². The standard InChI is InChI=1S/C15H13N3O4S3/c1-21-9-2-3-10-8(4-13(20)22-11(10)5-9)6-23-14-17-18-15(25-14)24-7-12(16)19/h2-5H,6-7H2,1H3,(H2,16,19). The van der Waals surface area contributed by atoms with Crippen LogP contribution in [0.1, 0.15) is 5.56 Å². The van der Waals surface area contributed by atoms with Crippen LogP contribution in [-0.4, -0.2) is 29.0 Å². The van der Waals surface area contributed by atoms with Crippen molar-refractivity contribution in [3.8, 4) is 5.75 Å². The molecule has 10 heteroatoms. The van der Waals surface area contributed by atoms with Gasteiger partial charge in [0.25, 0.3) is 0 Å². The number of carbonyl (C=O) groups is 1. The average molecular weight is 395 g/mol. The Morgan fingerprint density at radius 1 is 1.28 bits per heavy atom. The number of fused-ring (bicyclic) bond motifs is 1. The summed E-state index contributed by atoms with van der Waals surface area (Å²) in [7, 11) is 1.56. The monoisotopic (exact) mass is 395 g/mol. The zero-order valence-electron chi connectivity index (χ0n) is 13.1. The number of carbonyl (C=O) groups excluding carboxylic acids is 1. The van der Waals surface area contributed by atoms with Crippen molar-refractivity contribution >= 4 is 51.7 Å². The zero-order chi connectivity index (χ0) is 17.8. The number of nitrogens with two attached hydrogens (primary N) is 1. The Hall–Kier alpha value is -2.04. The summed E-state index contributed by atoms with van der Waals surface area (Å²) in [6, 6.07) is 6.85. The number of amides is 1. The third-order valence-corrected chi connectivity index (χ3v) is 6.38. The van der Waals surface area contributed by atoms with Gasteiger partial charge < -0.3 is 14.9 Å². The summed E-state index contributed by atoms with van der Waals surface area (Å²) in [5.41, 5.74) is 6.03. The predicted octanol–water partition coefficient (Wildman–Crippen LogP) is 2.52. The van der Waals surface area contributed by atoms with Crippen LogP contribution in [0.5, 0.6) is 5.75 Å². The van der Waals surface area contributed by atoms with E-state index in [0.29, 0.717) is 21.4 Å². The lowest BCUT2D eigenvalue weighted by Gasteiger charge is -2.05. The number of ether oxygens (including phenoxy) is 1. The second-order valence-electron chi connectivity index (χ2n) is 4.83. The fraction of sp³-hybridized carbons (Fsp3) is 0.200. The molecule has 130 valence electrons. The Morgan fingerprint density at radius 2 is 2.04 bits per heavy atom. The van der Waals surface area contributed by atoms with Gasteiger partial charge in [-0.05, 0) is 17.7 Å². The highest BCUT2D eigenvalue weighted by molar-refractivity contribution is 8.03. The summed E-state index contributed by atoms with van der Waals surface area (Å²) in [4.78, 5) is 22.6. The molecule has 1 amide bonds. The van der Waals surface area contributed by atoms with Gasteiger partial charge in [0.1, 0.15) is 11.3 Å². The van der Waals surface area contributed by atoms with Crippen LogP contribution in [0.25, 0.3) is 11.0 Å². The van der Waals surface area contributed by atoms with Crippen molar-refractivity contribution in [2.24, 2.45) is 5.73 Å². The lowest BCUT2D eigenvalue weighted by atomic mass is 10.1. The van der Waals surface area contributed by atoms with Gasteiger partial charge in [-0.2, -0.15) is 0 Å². The largest absolute Gasteiger partial charge is 0.497 e. The third-order valence-electron chi connectivity index (χ3n) is 3.11. The smallest absolute Gasteiger partial charge is 0.336 e. The third kappa shape index (κ3) is 4.53. The van der Waals surface area contributed by atoms with Crippen LogP contribution >= 0.6 is 34.9 Å². The summed E-state index contributed by atoms with van der Waals surface area (Å²) in [6.07, 6.45) is 0. The molecule has 0 saturated carbocycles. The molecule has 0 aliphatic carbocycles. The minimum absolute atomic E-state index is 0.172. The van der Waals surface area contributed by atoms with E-state index >= 15 is 0 Å². The molecule has 0 bridgehead atoms.